The molecule has 0 aliphatic heterocycles. The molecule has 0 bridgehead atoms. The molecule has 2 aliphatic carbocycles. The van der Waals surface area contributed by atoms with Crippen molar-refractivity contribution in [3.63, 3.8) is 0 Å². The highest BCUT2D eigenvalue weighted by molar-refractivity contribution is 7.81. The smallest absolute Gasteiger partial charge is 0.00477 e. The summed E-state index contributed by atoms with van der Waals surface area (Å²) < 4.78 is 0. The zero-order valence-electron chi connectivity index (χ0n) is 6.42. The highest BCUT2D eigenvalue weighted by atomic mass is 32.1. The van der Waals surface area contributed by atoms with Gasteiger partial charge in [0.05, 0.1) is 0 Å². The van der Waals surface area contributed by atoms with Crippen LogP contribution in [0.4, 0.5) is 0 Å². The molecular formula is C9H16S. The van der Waals surface area contributed by atoms with Gasteiger partial charge < -0.3 is 0 Å². The quantitative estimate of drug-likeness (QED) is 0.512. The lowest BCUT2D eigenvalue weighted by Crippen LogP contribution is -2.24. The maximum atomic E-state index is 4.64. The Kier molecular flexibility index (Phi) is 1.94. The Labute approximate surface area is 68.8 Å². The van der Waals surface area contributed by atoms with Crippen molar-refractivity contribution < 1.29 is 0 Å². The minimum Gasteiger partial charge on any atom is -0.176 e. The Hall–Kier alpha value is 0.350. The van der Waals surface area contributed by atoms with Crippen molar-refractivity contribution in [2.24, 2.45) is 11.8 Å². The number of fused-ring (bicyclic) bond motifs is 1. The number of hydrogen-bond donors (Lipinski definition) is 1. The van der Waals surface area contributed by atoms with Crippen LogP contribution in [0.1, 0.15) is 38.5 Å². The van der Waals surface area contributed by atoms with Crippen LogP contribution in [0.3, 0.4) is 0 Å². The lowest BCUT2D eigenvalue weighted by molar-refractivity contribution is 0.288. The Bertz CT molecular complexity index is 122. The second-order valence-electron chi connectivity index (χ2n) is 3.85. The summed E-state index contributed by atoms with van der Waals surface area (Å²) in [6, 6.07) is 0. The summed E-state index contributed by atoms with van der Waals surface area (Å²) in [6.45, 7) is 0. The number of hydrogen-bond acceptors (Lipinski definition) is 1. The van der Waals surface area contributed by atoms with Crippen LogP contribution < -0.4 is 0 Å². The fourth-order valence-electron chi connectivity index (χ4n) is 2.73. The lowest BCUT2D eigenvalue weighted by Gasteiger charge is -2.30. The van der Waals surface area contributed by atoms with E-state index in [2.05, 4.69) is 12.6 Å². The van der Waals surface area contributed by atoms with Crippen LogP contribution in [0.15, 0.2) is 0 Å². The lowest BCUT2D eigenvalue weighted by atomic mass is 9.81. The summed E-state index contributed by atoms with van der Waals surface area (Å²) in [5.74, 6) is 2.06. The SMILES string of the molecule is SC1CCCC2CCCC12. The predicted molar refractivity (Wildman–Crippen MR) is 47.5 cm³/mol. The first-order chi connectivity index (χ1) is 4.88. The molecule has 0 aromatic rings. The van der Waals surface area contributed by atoms with E-state index >= 15 is 0 Å². The molecule has 10 heavy (non-hydrogen) atoms. The van der Waals surface area contributed by atoms with Gasteiger partial charge in [-0.3, -0.25) is 0 Å². The average Bonchev–Trinajstić information content (AvgIpc) is 2.36. The third kappa shape index (κ3) is 1.09. The highest BCUT2D eigenvalue weighted by Crippen LogP contribution is 2.43. The predicted octanol–water partition coefficient (Wildman–Crippen LogP) is 2.89. The van der Waals surface area contributed by atoms with Crippen molar-refractivity contribution in [2.45, 2.75) is 43.8 Å². The molecule has 2 rings (SSSR count). The normalized spacial score (nSPS) is 47.1. The molecular weight excluding hydrogens is 140 g/mol. The average molecular weight is 156 g/mol. The van der Waals surface area contributed by atoms with Crippen molar-refractivity contribution in [3.05, 3.63) is 0 Å². The van der Waals surface area contributed by atoms with Crippen molar-refractivity contribution in [1.29, 1.82) is 0 Å². The van der Waals surface area contributed by atoms with Gasteiger partial charge in [0.2, 0.25) is 0 Å². The van der Waals surface area contributed by atoms with Gasteiger partial charge in [-0.05, 0) is 24.7 Å². The third-order valence-electron chi connectivity index (χ3n) is 3.29. The van der Waals surface area contributed by atoms with E-state index in [0.717, 1.165) is 17.1 Å². The van der Waals surface area contributed by atoms with Gasteiger partial charge in [-0.1, -0.05) is 25.7 Å². The second-order valence-corrected chi connectivity index (χ2v) is 4.52. The Morgan fingerprint density at radius 3 is 2.30 bits per heavy atom. The molecule has 58 valence electrons. The Balaban J connectivity index is 2.03. The molecule has 0 aromatic heterocycles. The van der Waals surface area contributed by atoms with Crippen molar-refractivity contribution >= 4 is 12.6 Å². The molecule has 3 unspecified atom stereocenters. The molecule has 0 spiro atoms. The fourth-order valence-corrected chi connectivity index (χ4v) is 3.31. The Morgan fingerprint density at radius 2 is 1.60 bits per heavy atom. The molecule has 0 aromatic carbocycles. The largest absolute Gasteiger partial charge is 0.176 e. The number of thiol groups is 1. The summed E-state index contributed by atoms with van der Waals surface area (Å²) in [6.07, 6.45) is 8.77. The van der Waals surface area contributed by atoms with E-state index in [1.165, 1.54) is 38.5 Å². The second kappa shape index (κ2) is 2.77. The zero-order chi connectivity index (χ0) is 6.97. The molecule has 0 heterocycles. The molecule has 2 aliphatic rings. The van der Waals surface area contributed by atoms with Gasteiger partial charge in [0.1, 0.15) is 0 Å². The van der Waals surface area contributed by atoms with Crippen molar-refractivity contribution in [1.82, 2.24) is 0 Å². The van der Waals surface area contributed by atoms with Gasteiger partial charge >= 0.3 is 0 Å². The topological polar surface area (TPSA) is 0 Å². The molecule has 0 amide bonds. The minimum absolute atomic E-state index is 0.751. The van der Waals surface area contributed by atoms with Gasteiger partial charge in [-0.15, -0.1) is 0 Å². The maximum Gasteiger partial charge on any atom is 0.00477 e. The van der Waals surface area contributed by atoms with Crippen LogP contribution >= 0.6 is 12.6 Å². The molecule has 0 radical (unpaired) electrons. The standard InChI is InChI=1S/C9H16S/c10-9-6-2-4-7-3-1-5-8(7)9/h7-10H,1-6H2. The minimum atomic E-state index is 0.751. The van der Waals surface area contributed by atoms with E-state index in [1.54, 1.807) is 0 Å². The summed E-state index contributed by atoms with van der Waals surface area (Å²) >= 11 is 4.64. The van der Waals surface area contributed by atoms with Crippen molar-refractivity contribution in [2.75, 3.05) is 0 Å². The molecule has 2 saturated carbocycles. The van der Waals surface area contributed by atoms with E-state index in [1.807, 2.05) is 0 Å². The monoisotopic (exact) mass is 156 g/mol. The van der Waals surface area contributed by atoms with Crippen LogP contribution in [-0.2, 0) is 0 Å². The summed E-state index contributed by atoms with van der Waals surface area (Å²) in [5.41, 5.74) is 0. The fraction of sp³-hybridized carbons (Fsp3) is 1.00. The molecule has 1 heteroatoms. The summed E-state index contributed by atoms with van der Waals surface area (Å²) in [5, 5.41) is 0.751. The van der Waals surface area contributed by atoms with E-state index in [0.29, 0.717) is 0 Å². The van der Waals surface area contributed by atoms with Crippen LogP contribution in [0.25, 0.3) is 0 Å². The van der Waals surface area contributed by atoms with Gasteiger partial charge in [0, 0.05) is 5.25 Å². The van der Waals surface area contributed by atoms with Crippen LogP contribution in [-0.4, -0.2) is 5.25 Å². The molecule has 0 nitrogen and oxygen atoms in total. The molecule has 0 N–H and O–H groups in total. The highest BCUT2D eigenvalue weighted by Gasteiger charge is 2.34. The zero-order valence-corrected chi connectivity index (χ0v) is 7.32. The van der Waals surface area contributed by atoms with Crippen LogP contribution in [0.2, 0.25) is 0 Å². The van der Waals surface area contributed by atoms with Gasteiger partial charge in [0.15, 0.2) is 0 Å². The first-order valence-electron chi connectivity index (χ1n) is 4.56. The van der Waals surface area contributed by atoms with E-state index in [-0.39, 0.29) is 0 Å². The van der Waals surface area contributed by atoms with E-state index in [4.69, 9.17) is 0 Å². The van der Waals surface area contributed by atoms with Gasteiger partial charge in [-0.25, -0.2) is 0 Å². The molecule has 3 atom stereocenters. The first-order valence-corrected chi connectivity index (χ1v) is 5.07. The molecule has 2 fully saturated rings. The first kappa shape index (κ1) is 7.02. The third-order valence-corrected chi connectivity index (χ3v) is 3.93. The van der Waals surface area contributed by atoms with Crippen LogP contribution in [0.5, 0.6) is 0 Å². The van der Waals surface area contributed by atoms with E-state index < -0.39 is 0 Å². The van der Waals surface area contributed by atoms with Gasteiger partial charge in [0.25, 0.3) is 0 Å². The number of rotatable bonds is 0. The summed E-state index contributed by atoms with van der Waals surface area (Å²) in [4.78, 5) is 0. The molecule has 0 saturated heterocycles. The summed E-state index contributed by atoms with van der Waals surface area (Å²) in [7, 11) is 0. The van der Waals surface area contributed by atoms with Gasteiger partial charge in [-0.2, -0.15) is 12.6 Å². The maximum absolute atomic E-state index is 4.64. The van der Waals surface area contributed by atoms with E-state index in [9.17, 15) is 0 Å². The Morgan fingerprint density at radius 1 is 0.900 bits per heavy atom. The van der Waals surface area contributed by atoms with Crippen molar-refractivity contribution in [3.8, 4) is 0 Å². The van der Waals surface area contributed by atoms with Crippen LogP contribution in [0, 0.1) is 11.8 Å².